The number of benzene rings is 2. The van der Waals surface area contributed by atoms with E-state index in [2.05, 4.69) is 0 Å². The van der Waals surface area contributed by atoms with Crippen LogP contribution in [0.4, 0.5) is 12.9 Å². The first-order chi connectivity index (χ1) is 9.00. The molecule has 0 aromatic heterocycles. The van der Waals surface area contributed by atoms with Gasteiger partial charge in [-0.1, -0.05) is 24.3 Å². The molecular weight excluding hydrogens is 256 g/mol. The van der Waals surface area contributed by atoms with Crippen LogP contribution in [0.15, 0.2) is 36.4 Å². The topological polar surface area (TPSA) is 18.5 Å². The summed E-state index contributed by atoms with van der Waals surface area (Å²) < 4.78 is 48.2. The lowest BCUT2D eigenvalue weighted by Gasteiger charge is -2.15. The van der Waals surface area contributed by atoms with Gasteiger partial charge in [0.1, 0.15) is 5.75 Å². The van der Waals surface area contributed by atoms with E-state index in [-0.39, 0.29) is 6.79 Å². The van der Waals surface area contributed by atoms with Gasteiger partial charge in [-0.3, -0.25) is 0 Å². The molecule has 102 valence electrons. The molecule has 0 amide bonds. The highest BCUT2D eigenvalue weighted by Gasteiger charge is 2.25. The lowest BCUT2D eigenvalue weighted by atomic mass is 9.79. The van der Waals surface area contributed by atoms with Gasteiger partial charge in [-0.05, 0) is 29.8 Å². The number of halogens is 3. The molecule has 0 unspecified atom stereocenters. The van der Waals surface area contributed by atoms with Crippen molar-refractivity contribution in [2.24, 2.45) is 0 Å². The zero-order valence-electron chi connectivity index (χ0n) is 10.4. The first-order valence-corrected chi connectivity index (χ1v) is 5.95. The molecule has 2 rings (SSSR count). The molecule has 2 aromatic rings. The molecule has 0 heterocycles. The fourth-order valence-corrected chi connectivity index (χ4v) is 1.73. The van der Waals surface area contributed by atoms with Gasteiger partial charge < -0.3 is 22.4 Å². The van der Waals surface area contributed by atoms with Gasteiger partial charge in [-0.2, -0.15) is 0 Å². The summed E-state index contributed by atoms with van der Waals surface area (Å²) in [6.45, 7) is -2.43. The van der Waals surface area contributed by atoms with Gasteiger partial charge in [-0.25, -0.2) is 0 Å². The molecule has 0 radical (unpaired) electrons. The van der Waals surface area contributed by atoms with Gasteiger partial charge in [0.15, 0.2) is 6.79 Å². The van der Waals surface area contributed by atoms with Gasteiger partial charge in [0, 0.05) is 6.61 Å². The zero-order valence-corrected chi connectivity index (χ0v) is 10.4. The van der Waals surface area contributed by atoms with E-state index in [1.54, 1.807) is 18.2 Å². The molecule has 0 atom stereocenters. The third-order valence-electron chi connectivity index (χ3n) is 2.73. The standard InChI is InChI=1S/C13H13BF3O2/c1-2-18-9-19-13-6-4-10-7-12(14(15,16)17)5-3-11(10)8-13/h3-8H,2,9H2,1H3/q-1. The summed E-state index contributed by atoms with van der Waals surface area (Å²) in [5.74, 6) is 0.575. The van der Waals surface area contributed by atoms with Crippen LogP contribution in [-0.2, 0) is 4.74 Å². The second-order valence-electron chi connectivity index (χ2n) is 4.10. The molecule has 0 aliphatic carbocycles. The van der Waals surface area contributed by atoms with E-state index < -0.39 is 12.4 Å². The highest BCUT2D eigenvalue weighted by atomic mass is 19.4. The molecular formula is C13H13BF3O2-. The van der Waals surface area contributed by atoms with E-state index in [4.69, 9.17) is 9.47 Å². The first-order valence-electron chi connectivity index (χ1n) is 5.95. The smallest absolute Gasteiger partial charge is 0.468 e. The van der Waals surface area contributed by atoms with E-state index in [0.717, 1.165) is 12.1 Å². The summed E-state index contributed by atoms with van der Waals surface area (Å²) in [5, 5.41) is 1.25. The van der Waals surface area contributed by atoms with Crippen molar-refractivity contribution in [2.45, 2.75) is 6.92 Å². The van der Waals surface area contributed by atoms with Crippen molar-refractivity contribution >= 4 is 23.2 Å². The van der Waals surface area contributed by atoms with E-state index in [0.29, 0.717) is 23.1 Å². The van der Waals surface area contributed by atoms with Crippen LogP contribution >= 0.6 is 0 Å². The summed E-state index contributed by atoms with van der Waals surface area (Å²) >= 11 is 0. The lowest BCUT2D eigenvalue weighted by Crippen LogP contribution is -2.33. The zero-order chi connectivity index (χ0) is 13.9. The number of hydrogen-bond acceptors (Lipinski definition) is 2. The van der Waals surface area contributed by atoms with Gasteiger partial charge >= 0.3 is 6.98 Å². The Morgan fingerprint density at radius 3 is 2.37 bits per heavy atom. The van der Waals surface area contributed by atoms with Crippen LogP contribution in [0, 0.1) is 0 Å². The van der Waals surface area contributed by atoms with E-state index in [1.807, 2.05) is 6.92 Å². The molecule has 0 saturated heterocycles. The summed E-state index contributed by atoms with van der Waals surface area (Å²) in [6, 6.07) is 8.64. The minimum Gasteiger partial charge on any atom is -0.468 e. The molecule has 2 aromatic carbocycles. The number of rotatable bonds is 5. The van der Waals surface area contributed by atoms with Crippen LogP contribution in [0.2, 0.25) is 0 Å². The third-order valence-corrected chi connectivity index (χ3v) is 2.73. The van der Waals surface area contributed by atoms with E-state index >= 15 is 0 Å². The highest BCUT2D eigenvalue weighted by molar-refractivity contribution is 6.73. The molecule has 0 N–H and O–H groups in total. The van der Waals surface area contributed by atoms with Crippen LogP contribution in [0.3, 0.4) is 0 Å². The van der Waals surface area contributed by atoms with Gasteiger partial charge in [0.05, 0.1) is 0 Å². The van der Waals surface area contributed by atoms with Crippen LogP contribution in [-0.4, -0.2) is 20.4 Å². The summed E-state index contributed by atoms with van der Waals surface area (Å²) in [5.41, 5.74) is -0.588. The Hall–Kier alpha value is -1.69. The fraction of sp³-hybridized carbons (Fsp3) is 0.231. The maximum absolute atomic E-state index is 12.6. The van der Waals surface area contributed by atoms with Crippen molar-refractivity contribution < 1.29 is 22.4 Å². The van der Waals surface area contributed by atoms with Crippen molar-refractivity contribution in [1.82, 2.24) is 0 Å². The highest BCUT2D eigenvalue weighted by Crippen LogP contribution is 2.21. The van der Waals surface area contributed by atoms with Crippen LogP contribution in [0.1, 0.15) is 6.92 Å². The Bertz CT molecular complexity index is 569. The average molecular weight is 269 g/mol. The average Bonchev–Trinajstić information content (AvgIpc) is 2.37. The lowest BCUT2D eigenvalue weighted by molar-refractivity contribution is 0.0225. The molecule has 0 bridgehead atoms. The summed E-state index contributed by atoms with van der Waals surface area (Å²) in [6.07, 6.45) is 0. The molecule has 19 heavy (non-hydrogen) atoms. The van der Waals surface area contributed by atoms with Crippen molar-refractivity contribution in [3.05, 3.63) is 36.4 Å². The summed E-state index contributed by atoms with van der Waals surface area (Å²) in [7, 11) is 0. The quantitative estimate of drug-likeness (QED) is 0.471. The van der Waals surface area contributed by atoms with Crippen LogP contribution < -0.4 is 10.2 Å². The molecule has 0 saturated carbocycles. The minimum atomic E-state index is -4.96. The number of hydrogen-bond donors (Lipinski definition) is 0. The molecule has 0 fully saturated rings. The Labute approximate surface area is 109 Å². The fourth-order valence-electron chi connectivity index (χ4n) is 1.73. The van der Waals surface area contributed by atoms with Crippen LogP contribution in [0.25, 0.3) is 10.8 Å². The van der Waals surface area contributed by atoms with Crippen LogP contribution in [0.5, 0.6) is 5.75 Å². The minimum absolute atomic E-state index is 0.131. The third kappa shape index (κ3) is 3.41. The number of fused-ring (bicyclic) bond motifs is 1. The van der Waals surface area contributed by atoms with Crippen molar-refractivity contribution in [2.75, 3.05) is 13.4 Å². The second kappa shape index (κ2) is 5.53. The normalized spacial score (nSPS) is 11.8. The largest absolute Gasteiger partial charge is 0.509 e. The molecule has 6 heteroatoms. The van der Waals surface area contributed by atoms with Crippen molar-refractivity contribution in [3.63, 3.8) is 0 Å². The molecule has 2 nitrogen and oxygen atoms in total. The van der Waals surface area contributed by atoms with Gasteiger partial charge in [0.25, 0.3) is 0 Å². The predicted molar refractivity (Wildman–Crippen MR) is 69.8 cm³/mol. The Morgan fingerprint density at radius 1 is 1.00 bits per heavy atom. The molecule has 0 spiro atoms. The maximum atomic E-state index is 12.6. The van der Waals surface area contributed by atoms with Crippen molar-refractivity contribution in [1.29, 1.82) is 0 Å². The van der Waals surface area contributed by atoms with Gasteiger partial charge in [0.2, 0.25) is 0 Å². The molecule has 0 aliphatic rings. The SMILES string of the molecule is CCOCOc1ccc2cc([B-](F)(F)F)ccc2c1. The maximum Gasteiger partial charge on any atom is 0.509 e. The second-order valence-corrected chi connectivity index (χ2v) is 4.10. The monoisotopic (exact) mass is 269 g/mol. The van der Waals surface area contributed by atoms with E-state index in [9.17, 15) is 12.9 Å². The Kier molecular flexibility index (Phi) is 4.00. The number of ether oxygens (including phenoxy) is 2. The van der Waals surface area contributed by atoms with E-state index in [1.165, 1.54) is 6.07 Å². The Balaban J connectivity index is 2.25. The first kappa shape index (κ1) is 13.7. The van der Waals surface area contributed by atoms with Crippen molar-refractivity contribution in [3.8, 4) is 5.75 Å². The Morgan fingerprint density at radius 2 is 1.68 bits per heavy atom. The molecule has 0 aliphatic heterocycles. The summed E-state index contributed by atoms with van der Waals surface area (Å²) in [4.78, 5) is 0. The van der Waals surface area contributed by atoms with Gasteiger partial charge in [-0.15, -0.1) is 5.46 Å². The predicted octanol–water partition coefficient (Wildman–Crippen LogP) is 3.27.